The van der Waals surface area contributed by atoms with Gasteiger partial charge in [-0.2, -0.15) is 8.42 Å². The lowest BCUT2D eigenvalue weighted by molar-refractivity contribution is -0.113. The van der Waals surface area contributed by atoms with E-state index < -0.39 is 32.4 Å². The largest absolute Gasteiger partial charge is 0.508 e. The van der Waals surface area contributed by atoms with Gasteiger partial charge in [0, 0.05) is 45.3 Å². The van der Waals surface area contributed by atoms with Crippen molar-refractivity contribution >= 4 is 37.5 Å². The lowest BCUT2D eigenvalue weighted by atomic mass is 9.77. The van der Waals surface area contributed by atoms with Crippen molar-refractivity contribution in [3.63, 3.8) is 0 Å². The summed E-state index contributed by atoms with van der Waals surface area (Å²) >= 11 is 0. The quantitative estimate of drug-likeness (QED) is 0.238. The smallest absolute Gasteiger partial charge is 0.340 e. The molecule has 10 nitrogen and oxygen atoms in total. The van der Waals surface area contributed by atoms with Gasteiger partial charge < -0.3 is 25.0 Å². The Kier molecular flexibility index (Phi) is 4.97. The minimum atomic E-state index is -4.38. The molecule has 1 amide bonds. The van der Waals surface area contributed by atoms with E-state index in [9.17, 15) is 28.2 Å². The SMILES string of the molecule is O=C(CSS(=O)(=O)O)Nc1ccc2c(c1)C(=O)OC21c2ccc(O)cc2Oc2cc(O)ccc21. The predicted octanol–water partition coefficient (Wildman–Crippen LogP) is 3.14. The lowest BCUT2D eigenvalue weighted by Gasteiger charge is -2.36. The van der Waals surface area contributed by atoms with Crippen molar-refractivity contribution in [2.75, 3.05) is 11.1 Å². The lowest BCUT2D eigenvalue weighted by Crippen LogP contribution is -2.32. The van der Waals surface area contributed by atoms with Crippen molar-refractivity contribution in [1.29, 1.82) is 0 Å². The van der Waals surface area contributed by atoms with Gasteiger partial charge in [-0.05, 0) is 36.4 Å². The molecule has 0 radical (unpaired) electrons. The summed E-state index contributed by atoms with van der Waals surface area (Å²) in [5.41, 5.74) is 0.303. The Hall–Kier alpha value is -3.74. The molecule has 0 saturated heterocycles. The molecule has 0 unspecified atom stereocenters. The van der Waals surface area contributed by atoms with Crippen LogP contribution in [0.2, 0.25) is 0 Å². The molecule has 2 heterocycles. The van der Waals surface area contributed by atoms with E-state index in [0.29, 0.717) is 16.7 Å². The van der Waals surface area contributed by atoms with Crippen LogP contribution in [0.25, 0.3) is 0 Å². The Labute approximate surface area is 196 Å². The zero-order chi connectivity index (χ0) is 24.3. The van der Waals surface area contributed by atoms with E-state index in [4.69, 9.17) is 14.0 Å². The van der Waals surface area contributed by atoms with Crippen LogP contribution in [0.1, 0.15) is 27.0 Å². The van der Waals surface area contributed by atoms with Gasteiger partial charge in [0.25, 0.3) is 0 Å². The highest BCUT2D eigenvalue weighted by Gasteiger charge is 2.53. The summed E-state index contributed by atoms with van der Waals surface area (Å²) in [6.07, 6.45) is 0. The number of fused-ring (bicyclic) bond motifs is 6. The zero-order valence-corrected chi connectivity index (χ0v) is 18.6. The van der Waals surface area contributed by atoms with Crippen LogP contribution in [-0.4, -0.2) is 40.8 Å². The maximum Gasteiger partial charge on any atom is 0.340 e. The Balaban J connectivity index is 1.60. The Bertz CT molecular complexity index is 1430. The predicted molar refractivity (Wildman–Crippen MR) is 121 cm³/mol. The number of benzene rings is 3. The number of esters is 1. The van der Waals surface area contributed by atoms with Crippen molar-refractivity contribution in [3.05, 3.63) is 76.9 Å². The molecule has 12 heteroatoms. The standard InChI is InChI=1S/C22H15NO9S2/c24-12-2-5-16-18(8-12)31-19-9-13(25)3-6-17(19)22(16)15-4-1-11(7-14(15)21(27)32-22)23-20(26)10-33-34(28,29)30/h1-9,24-25H,10H2,(H,23,26)(H,28,29,30). The number of rotatable bonds is 4. The molecule has 0 fully saturated rings. The van der Waals surface area contributed by atoms with Crippen LogP contribution in [0.15, 0.2) is 54.6 Å². The first-order chi connectivity index (χ1) is 16.1. The van der Waals surface area contributed by atoms with Crippen LogP contribution in [-0.2, 0) is 24.3 Å². The molecule has 3 aromatic carbocycles. The molecule has 1 spiro atoms. The highest BCUT2D eigenvalue weighted by Crippen LogP contribution is 2.57. The van der Waals surface area contributed by atoms with E-state index in [1.807, 2.05) is 0 Å². The van der Waals surface area contributed by atoms with Gasteiger partial charge >= 0.3 is 15.1 Å². The van der Waals surface area contributed by atoms with Gasteiger partial charge in [0.1, 0.15) is 23.0 Å². The number of nitrogens with one attached hydrogen (secondary N) is 1. The number of anilines is 1. The second kappa shape index (κ2) is 7.65. The van der Waals surface area contributed by atoms with Gasteiger partial charge in [-0.15, -0.1) is 0 Å². The summed E-state index contributed by atoms with van der Waals surface area (Å²) in [6, 6.07) is 13.3. The van der Waals surface area contributed by atoms with E-state index in [1.54, 1.807) is 18.2 Å². The first kappa shape index (κ1) is 22.1. The van der Waals surface area contributed by atoms with Crippen molar-refractivity contribution in [2.45, 2.75) is 5.60 Å². The van der Waals surface area contributed by atoms with E-state index in [0.717, 1.165) is 0 Å². The Morgan fingerprint density at radius 1 is 0.941 bits per heavy atom. The third kappa shape index (κ3) is 3.61. The highest BCUT2D eigenvalue weighted by molar-refractivity contribution is 8.70. The minimum absolute atomic E-state index is 0.0607. The van der Waals surface area contributed by atoms with Crippen molar-refractivity contribution in [2.24, 2.45) is 0 Å². The normalized spacial score (nSPS) is 15.0. The number of carbonyl (C=O) groups excluding carboxylic acids is 2. The van der Waals surface area contributed by atoms with Crippen LogP contribution in [0, 0.1) is 0 Å². The monoisotopic (exact) mass is 501 g/mol. The van der Waals surface area contributed by atoms with Gasteiger partial charge in [-0.1, -0.05) is 6.07 Å². The van der Waals surface area contributed by atoms with Crippen LogP contribution in [0.4, 0.5) is 5.69 Å². The third-order valence-corrected chi connectivity index (χ3v) is 7.32. The third-order valence-electron chi connectivity index (χ3n) is 5.40. The fourth-order valence-corrected chi connectivity index (χ4v) is 5.20. The van der Waals surface area contributed by atoms with Crippen LogP contribution in [0.5, 0.6) is 23.0 Å². The van der Waals surface area contributed by atoms with Crippen LogP contribution >= 0.6 is 10.8 Å². The molecule has 0 aliphatic carbocycles. The fourth-order valence-electron chi connectivity index (χ4n) is 4.11. The summed E-state index contributed by atoms with van der Waals surface area (Å²) < 4.78 is 42.3. The van der Waals surface area contributed by atoms with E-state index in [-0.39, 0.29) is 45.0 Å². The molecule has 2 aliphatic heterocycles. The molecule has 5 rings (SSSR count). The fraction of sp³-hybridized carbons (Fsp3) is 0.0909. The number of phenolic OH excluding ortho intramolecular Hbond substituents is 2. The molecule has 4 N–H and O–H groups in total. The highest BCUT2D eigenvalue weighted by atomic mass is 33.1. The number of hydrogen-bond acceptors (Lipinski definition) is 9. The molecule has 34 heavy (non-hydrogen) atoms. The maximum atomic E-state index is 13.0. The van der Waals surface area contributed by atoms with Crippen molar-refractivity contribution in [1.82, 2.24) is 0 Å². The summed E-state index contributed by atoms with van der Waals surface area (Å²) in [4.78, 5) is 25.0. The average molecular weight is 501 g/mol. The zero-order valence-electron chi connectivity index (χ0n) is 17.0. The molecule has 3 aromatic rings. The number of carbonyl (C=O) groups is 2. The maximum absolute atomic E-state index is 13.0. The molecule has 0 aromatic heterocycles. The number of ether oxygens (including phenoxy) is 2. The van der Waals surface area contributed by atoms with Gasteiger partial charge in [0.15, 0.2) is 5.60 Å². The topological polar surface area (TPSA) is 159 Å². The molecule has 174 valence electrons. The molecule has 0 bridgehead atoms. The first-order valence-corrected chi connectivity index (χ1v) is 12.7. The van der Waals surface area contributed by atoms with E-state index in [2.05, 4.69) is 5.32 Å². The molecular formula is C22H15NO9S2. The van der Waals surface area contributed by atoms with Crippen LogP contribution < -0.4 is 10.1 Å². The molecule has 0 saturated carbocycles. The molecule has 0 atom stereocenters. The summed E-state index contributed by atoms with van der Waals surface area (Å²) in [6.45, 7) is 0. The summed E-state index contributed by atoms with van der Waals surface area (Å²) in [7, 11) is -4.32. The summed E-state index contributed by atoms with van der Waals surface area (Å²) in [5.74, 6) is -1.59. The van der Waals surface area contributed by atoms with Gasteiger partial charge in [-0.25, -0.2) is 4.79 Å². The van der Waals surface area contributed by atoms with Gasteiger partial charge in [0.05, 0.1) is 11.3 Å². The number of phenols is 2. The second-order valence-electron chi connectivity index (χ2n) is 7.53. The van der Waals surface area contributed by atoms with E-state index >= 15 is 0 Å². The average Bonchev–Trinajstić information content (AvgIpc) is 3.04. The second-order valence-corrected chi connectivity index (χ2v) is 10.9. The minimum Gasteiger partial charge on any atom is -0.508 e. The van der Waals surface area contributed by atoms with E-state index in [1.165, 1.54) is 36.4 Å². The number of aromatic hydroxyl groups is 2. The molecular weight excluding hydrogens is 486 g/mol. The van der Waals surface area contributed by atoms with Gasteiger partial charge in [0.2, 0.25) is 5.91 Å². The number of amides is 1. The van der Waals surface area contributed by atoms with Crippen molar-refractivity contribution < 1.29 is 42.2 Å². The van der Waals surface area contributed by atoms with Crippen molar-refractivity contribution in [3.8, 4) is 23.0 Å². The Morgan fingerprint density at radius 3 is 2.12 bits per heavy atom. The Morgan fingerprint density at radius 2 is 1.53 bits per heavy atom. The number of hydrogen-bond donors (Lipinski definition) is 4. The first-order valence-electron chi connectivity index (χ1n) is 9.71. The molecule has 2 aliphatic rings. The van der Waals surface area contributed by atoms with Gasteiger partial charge in [-0.3, -0.25) is 9.35 Å². The summed E-state index contributed by atoms with van der Waals surface area (Å²) in [5, 5.41) is 22.4. The van der Waals surface area contributed by atoms with Crippen LogP contribution in [0.3, 0.4) is 0 Å².